The molecule has 5 aliphatic rings. The van der Waals surface area contributed by atoms with E-state index in [4.69, 9.17) is 0 Å². The maximum Gasteiger partial charge on any atom is 0.0255 e. The summed E-state index contributed by atoms with van der Waals surface area (Å²) in [5, 5.41) is 0. The highest BCUT2D eigenvalue weighted by Crippen LogP contribution is 2.64. The molecule has 0 spiro atoms. The van der Waals surface area contributed by atoms with Crippen molar-refractivity contribution in [3.63, 3.8) is 0 Å². The molecule has 79 valence electrons. The molecule has 0 heteroatoms. The largest absolute Gasteiger partial charge is 0.0728 e. The molecule has 0 nitrogen and oxygen atoms in total. The monoisotopic (exact) mass is 199 g/mol. The molecule has 0 amide bonds. The Kier molecular flexibility index (Phi) is 1.60. The topological polar surface area (TPSA) is 0 Å². The van der Waals surface area contributed by atoms with Crippen LogP contribution in [0, 0.1) is 29.1 Å². The molecule has 0 unspecified atom stereocenters. The van der Waals surface area contributed by atoms with Crippen LogP contribution in [0.1, 0.15) is 38.5 Å². The predicted molar refractivity (Wildman–Crippen MR) is 62.1 cm³/mol. The van der Waals surface area contributed by atoms with E-state index in [1.807, 2.05) is 0 Å². The minimum absolute atomic E-state index is 0.623. The lowest BCUT2D eigenvalue weighted by Gasteiger charge is -2.58. The molecule has 0 aromatic rings. The second kappa shape index (κ2) is 2.78. The average Bonchev–Trinajstić information content (AvgIpc) is 2.67. The molecule has 0 N–H and O–H groups in total. The van der Waals surface area contributed by atoms with Gasteiger partial charge in [-0.25, -0.2) is 0 Å². The maximum atomic E-state index is 2.38. The van der Waals surface area contributed by atoms with E-state index in [0.29, 0.717) is 5.41 Å². The van der Waals surface area contributed by atoms with Crippen LogP contribution >= 0.6 is 0 Å². The van der Waals surface area contributed by atoms with Gasteiger partial charge in [0.05, 0.1) is 0 Å². The van der Waals surface area contributed by atoms with Gasteiger partial charge >= 0.3 is 0 Å². The summed E-state index contributed by atoms with van der Waals surface area (Å²) in [6.45, 7) is 0. The summed E-state index contributed by atoms with van der Waals surface area (Å²) in [5.74, 6) is 4.89. The van der Waals surface area contributed by atoms with E-state index >= 15 is 0 Å². The van der Waals surface area contributed by atoms with Gasteiger partial charge in [0, 0.05) is 5.92 Å². The van der Waals surface area contributed by atoms with Crippen LogP contribution in [0.25, 0.3) is 0 Å². The van der Waals surface area contributed by atoms with E-state index in [1.54, 1.807) is 25.2 Å². The first-order valence-corrected chi connectivity index (χ1v) is 6.56. The summed E-state index contributed by atoms with van der Waals surface area (Å²) in [6.07, 6.45) is 18.4. The lowest BCUT2D eigenvalue weighted by Crippen LogP contribution is -2.48. The van der Waals surface area contributed by atoms with Gasteiger partial charge in [-0.15, -0.1) is 0 Å². The zero-order valence-electron chi connectivity index (χ0n) is 9.28. The Hall–Kier alpha value is -0.520. The van der Waals surface area contributed by atoms with Crippen LogP contribution in [0.5, 0.6) is 0 Å². The summed E-state index contributed by atoms with van der Waals surface area (Å²) in [4.78, 5) is 0. The van der Waals surface area contributed by atoms with Gasteiger partial charge in [-0.3, -0.25) is 0 Å². The fourth-order valence-corrected chi connectivity index (χ4v) is 5.19. The lowest BCUT2D eigenvalue weighted by atomic mass is 9.46. The van der Waals surface area contributed by atoms with Crippen LogP contribution in [0.15, 0.2) is 24.3 Å². The third-order valence-electron chi connectivity index (χ3n) is 5.31. The number of allylic oxidation sites excluding steroid dienone is 4. The zero-order valence-corrected chi connectivity index (χ0v) is 9.28. The number of hydrogen-bond acceptors (Lipinski definition) is 0. The molecule has 1 radical (unpaired) electrons. The fraction of sp³-hybridized carbons (Fsp3) is 0.667. The molecule has 4 bridgehead atoms. The Morgan fingerprint density at radius 2 is 1.27 bits per heavy atom. The van der Waals surface area contributed by atoms with Crippen LogP contribution in [-0.2, 0) is 0 Å². The van der Waals surface area contributed by atoms with Crippen molar-refractivity contribution >= 4 is 0 Å². The highest BCUT2D eigenvalue weighted by atomic mass is 14.6. The van der Waals surface area contributed by atoms with E-state index in [9.17, 15) is 0 Å². The fourth-order valence-electron chi connectivity index (χ4n) is 5.19. The van der Waals surface area contributed by atoms with Crippen LogP contribution in [-0.4, -0.2) is 0 Å². The standard InChI is InChI=1S/C15H19/c1-2-4-14(3-1)15-8-11-5-12(9-15)7-13(6-11)10-15/h1-4,11-13H,5-10H2. The molecule has 5 aliphatic carbocycles. The third kappa shape index (κ3) is 1.14. The highest BCUT2D eigenvalue weighted by Gasteiger charge is 2.53. The molecule has 0 aromatic heterocycles. The molecular weight excluding hydrogens is 180 g/mol. The normalized spacial score (nSPS) is 51.9. The summed E-state index contributed by atoms with van der Waals surface area (Å²) in [6, 6.07) is 0. The third-order valence-corrected chi connectivity index (χ3v) is 5.31. The van der Waals surface area contributed by atoms with Gasteiger partial charge in [0.2, 0.25) is 0 Å². The molecule has 4 fully saturated rings. The molecule has 15 heavy (non-hydrogen) atoms. The molecule has 0 heterocycles. The van der Waals surface area contributed by atoms with Gasteiger partial charge in [-0.2, -0.15) is 0 Å². The van der Waals surface area contributed by atoms with Gasteiger partial charge in [-0.05, 0) is 61.7 Å². The van der Waals surface area contributed by atoms with Gasteiger partial charge < -0.3 is 0 Å². The van der Waals surface area contributed by atoms with Crippen molar-refractivity contribution in [2.24, 2.45) is 23.2 Å². The van der Waals surface area contributed by atoms with Crippen molar-refractivity contribution in [3.05, 3.63) is 30.2 Å². The molecular formula is C15H19. The Morgan fingerprint density at radius 3 is 1.73 bits per heavy atom. The Balaban J connectivity index is 1.71. The summed E-state index contributed by atoms with van der Waals surface area (Å²) < 4.78 is 0. The van der Waals surface area contributed by atoms with Crippen LogP contribution in [0.4, 0.5) is 0 Å². The Morgan fingerprint density at radius 1 is 0.800 bits per heavy atom. The van der Waals surface area contributed by atoms with Gasteiger partial charge in [0.1, 0.15) is 0 Å². The lowest BCUT2D eigenvalue weighted by molar-refractivity contribution is -0.0369. The Labute approximate surface area is 92.4 Å². The van der Waals surface area contributed by atoms with Crippen LogP contribution < -0.4 is 0 Å². The van der Waals surface area contributed by atoms with Crippen molar-refractivity contribution in [2.45, 2.75) is 38.5 Å². The minimum atomic E-state index is 0.623. The van der Waals surface area contributed by atoms with E-state index in [-0.39, 0.29) is 0 Å². The molecule has 0 atom stereocenters. The first-order valence-electron chi connectivity index (χ1n) is 6.56. The van der Waals surface area contributed by atoms with Gasteiger partial charge in [0.15, 0.2) is 0 Å². The van der Waals surface area contributed by atoms with Crippen molar-refractivity contribution in [1.82, 2.24) is 0 Å². The average molecular weight is 199 g/mol. The van der Waals surface area contributed by atoms with Crippen LogP contribution in [0.2, 0.25) is 0 Å². The first-order chi connectivity index (χ1) is 7.34. The van der Waals surface area contributed by atoms with Crippen molar-refractivity contribution in [2.75, 3.05) is 0 Å². The SMILES string of the molecule is C1=C[C](C23CC4CC(CC(C4)C2)C3)C=C1. The van der Waals surface area contributed by atoms with Crippen molar-refractivity contribution < 1.29 is 0 Å². The highest BCUT2D eigenvalue weighted by molar-refractivity contribution is 5.40. The van der Waals surface area contributed by atoms with Crippen molar-refractivity contribution in [1.29, 1.82) is 0 Å². The van der Waals surface area contributed by atoms with Gasteiger partial charge in [0.25, 0.3) is 0 Å². The minimum Gasteiger partial charge on any atom is -0.0728 e. The zero-order chi connectivity index (χ0) is 9.88. The second-order valence-electron chi connectivity index (χ2n) is 6.37. The van der Waals surface area contributed by atoms with E-state index in [2.05, 4.69) is 24.3 Å². The molecule has 4 saturated carbocycles. The predicted octanol–water partition coefficient (Wildman–Crippen LogP) is 3.90. The maximum absolute atomic E-state index is 2.38. The summed E-state index contributed by atoms with van der Waals surface area (Å²) in [5.41, 5.74) is 0.623. The smallest absolute Gasteiger partial charge is 0.0255 e. The first kappa shape index (κ1) is 8.61. The summed E-state index contributed by atoms with van der Waals surface area (Å²) in [7, 11) is 0. The summed E-state index contributed by atoms with van der Waals surface area (Å²) >= 11 is 0. The van der Waals surface area contributed by atoms with E-state index in [1.165, 1.54) is 19.3 Å². The number of rotatable bonds is 1. The number of hydrogen-bond donors (Lipinski definition) is 0. The van der Waals surface area contributed by atoms with Crippen molar-refractivity contribution in [3.8, 4) is 0 Å². The Bertz CT molecular complexity index is 287. The van der Waals surface area contributed by atoms with E-state index in [0.717, 1.165) is 17.8 Å². The second-order valence-corrected chi connectivity index (χ2v) is 6.37. The van der Waals surface area contributed by atoms with Gasteiger partial charge in [-0.1, -0.05) is 24.3 Å². The molecule has 5 rings (SSSR count). The molecule has 0 aliphatic heterocycles. The van der Waals surface area contributed by atoms with Crippen LogP contribution in [0.3, 0.4) is 0 Å². The molecule has 0 saturated heterocycles. The molecule has 0 aromatic carbocycles. The van der Waals surface area contributed by atoms with E-state index < -0.39 is 0 Å². The quantitative estimate of drug-likeness (QED) is 0.600.